The number of benzene rings is 1. The second-order valence-electron chi connectivity index (χ2n) is 5.65. The lowest BCUT2D eigenvalue weighted by molar-refractivity contribution is -0.0226. The number of rotatable bonds is 3. The number of carbonyl (C=O) groups is 1. The predicted molar refractivity (Wildman–Crippen MR) is 89.2 cm³/mol. The van der Waals surface area contributed by atoms with Gasteiger partial charge in [-0.3, -0.25) is 4.79 Å². The SMILES string of the molecule is CCC1CN(C(=O)c2c(C)nn(-c3ccccc3)c2Cl)CCO1. The molecule has 0 N–H and O–H groups in total. The first-order valence-electron chi connectivity index (χ1n) is 7.83. The van der Waals surface area contributed by atoms with Gasteiger partial charge >= 0.3 is 0 Å². The molecule has 1 aromatic heterocycles. The van der Waals surface area contributed by atoms with Crippen LogP contribution in [0.4, 0.5) is 0 Å². The van der Waals surface area contributed by atoms with Gasteiger partial charge in [0.05, 0.1) is 29.7 Å². The van der Waals surface area contributed by atoms with Crippen molar-refractivity contribution >= 4 is 17.5 Å². The highest BCUT2D eigenvalue weighted by Crippen LogP contribution is 2.25. The highest BCUT2D eigenvalue weighted by Gasteiger charge is 2.29. The third kappa shape index (κ3) is 3.12. The van der Waals surface area contributed by atoms with Crippen LogP contribution in [0.1, 0.15) is 29.4 Å². The van der Waals surface area contributed by atoms with Gasteiger partial charge in [0.1, 0.15) is 5.15 Å². The number of nitrogens with zero attached hydrogens (tertiary/aromatic N) is 3. The third-order valence-corrected chi connectivity index (χ3v) is 4.45. The van der Waals surface area contributed by atoms with E-state index in [2.05, 4.69) is 12.0 Å². The van der Waals surface area contributed by atoms with Crippen molar-refractivity contribution in [2.75, 3.05) is 19.7 Å². The number of morpholine rings is 1. The molecule has 1 aliphatic heterocycles. The zero-order valence-electron chi connectivity index (χ0n) is 13.3. The lowest BCUT2D eigenvalue weighted by atomic mass is 10.1. The van der Waals surface area contributed by atoms with Crippen LogP contribution in [0.25, 0.3) is 5.69 Å². The molecule has 0 bridgehead atoms. The fourth-order valence-electron chi connectivity index (χ4n) is 2.79. The van der Waals surface area contributed by atoms with Crippen molar-refractivity contribution < 1.29 is 9.53 Å². The monoisotopic (exact) mass is 333 g/mol. The van der Waals surface area contributed by atoms with Gasteiger partial charge in [-0.15, -0.1) is 0 Å². The molecule has 0 saturated carbocycles. The van der Waals surface area contributed by atoms with Gasteiger partial charge in [0.2, 0.25) is 0 Å². The Balaban J connectivity index is 1.91. The summed E-state index contributed by atoms with van der Waals surface area (Å²) < 4.78 is 7.24. The van der Waals surface area contributed by atoms with Crippen molar-refractivity contribution in [3.8, 4) is 5.69 Å². The van der Waals surface area contributed by atoms with Crippen LogP contribution >= 0.6 is 11.6 Å². The van der Waals surface area contributed by atoms with E-state index < -0.39 is 0 Å². The van der Waals surface area contributed by atoms with Crippen molar-refractivity contribution in [2.24, 2.45) is 0 Å². The number of para-hydroxylation sites is 1. The molecule has 0 aliphatic carbocycles. The molecular formula is C17H20ClN3O2. The second-order valence-corrected chi connectivity index (χ2v) is 6.01. The van der Waals surface area contributed by atoms with E-state index in [-0.39, 0.29) is 12.0 Å². The predicted octanol–water partition coefficient (Wildman–Crippen LogP) is 3.09. The summed E-state index contributed by atoms with van der Waals surface area (Å²) in [5.74, 6) is -0.0727. The maximum absolute atomic E-state index is 12.9. The van der Waals surface area contributed by atoms with E-state index in [0.29, 0.717) is 36.1 Å². The Kier molecular flexibility index (Phi) is 4.68. The Morgan fingerprint density at radius 1 is 1.39 bits per heavy atom. The molecule has 6 heteroatoms. The Morgan fingerprint density at radius 2 is 2.13 bits per heavy atom. The summed E-state index contributed by atoms with van der Waals surface area (Å²) in [4.78, 5) is 14.7. The van der Waals surface area contributed by atoms with Gasteiger partial charge in [-0.1, -0.05) is 36.7 Å². The maximum atomic E-state index is 12.9. The van der Waals surface area contributed by atoms with Gasteiger partial charge in [0, 0.05) is 13.1 Å². The molecule has 1 fully saturated rings. The van der Waals surface area contributed by atoms with Crippen LogP contribution in [-0.4, -0.2) is 46.4 Å². The quantitative estimate of drug-likeness (QED) is 0.867. The molecule has 5 nitrogen and oxygen atoms in total. The van der Waals surface area contributed by atoms with E-state index in [0.717, 1.165) is 12.1 Å². The Hall–Kier alpha value is -1.85. The van der Waals surface area contributed by atoms with Crippen molar-refractivity contribution in [3.63, 3.8) is 0 Å². The molecule has 0 spiro atoms. The lowest BCUT2D eigenvalue weighted by Crippen LogP contribution is -2.45. The standard InChI is InChI=1S/C17H20ClN3O2/c1-3-14-11-20(9-10-23-14)17(22)15-12(2)19-21(16(15)18)13-7-5-4-6-8-13/h4-8,14H,3,9-11H2,1-2H3. The summed E-state index contributed by atoms with van der Waals surface area (Å²) >= 11 is 6.47. The molecule has 3 rings (SSSR count). The number of amides is 1. The van der Waals surface area contributed by atoms with Gasteiger partial charge in [-0.05, 0) is 25.5 Å². The number of aryl methyl sites for hydroxylation is 1. The summed E-state index contributed by atoms with van der Waals surface area (Å²) in [7, 11) is 0. The number of carbonyl (C=O) groups excluding carboxylic acids is 1. The first kappa shape index (κ1) is 16.0. The molecule has 2 aromatic rings. The Labute approximate surface area is 140 Å². The average Bonchev–Trinajstić information content (AvgIpc) is 2.89. The average molecular weight is 334 g/mol. The van der Waals surface area contributed by atoms with Crippen molar-refractivity contribution in [2.45, 2.75) is 26.4 Å². The lowest BCUT2D eigenvalue weighted by Gasteiger charge is -2.32. The fraction of sp³-hybridized carbons (Fsp3) is 0.412. The molecule has 0 radical (unpaired) electrons. The highest BCUT2D eigenvalue weighted by molar-refractivity contribution is 6.33. The molecule has 2 heterocycles. The maximum Gasteiger partial charge on any atom is 0.259 e. The molecule has 23 heavy (non-hydrogen) atoms. The van der Waals surface area contributed by atoms with Crippen LogP contribution in [0.3, 0.4) is 0 Å². The number of halogens is 1. The summed E-state index contributed by atoms with van der Waals surface area (Å²) in [6.07, 6.45) is 0.982. The Morgan fingerprint density at radius 3 is 2.83 bits per heavy atom. The molecule has 1 aromatic carbocycles. The minimum absolute atomic E-state index is 0.0727. The third-order valence-electron chi connectivity index (χ3n) is 4.10. The van der Waals surface area contributed by atoms with Gasteiger partial charge in [-0.25, -0.2) is 4.68 Å². The van der Waals surface area contributed by atoms with E-state index in [1.807, 2.05) is 42.2 Å². The summed E-state index contributed by atoms with van der Waals surface area (Å²) in [5.41, 5.74) is 1.96. The topological polar surface area (TPSA) is 47.4 Å². The van der Waals surface area contributed by atoms with E-state index in [4.69, 9.17) is 16.3 Å². The second kappa shape index (κ2) is 6.72. The number of hydrogen-bond acceptors (Lipinski definition) is 3. The van der Waals surface area contributed by atoms with Crippen LogP contribution < -0.4 is 0 Å². The zero-order chi connectivity index (χ0) is 16.4. The van der Waals surface area contributed by atoms with Crippen molar-refractivity contribution in [1.29, 1.82) is 0 Å². The molecular weight excluding hydrogens is 314 g/mol. The molecule has 122 valence electrons. The first-order valence-corrected chi connectivity index (χ1v) is 8.21. The minimum atomic E-state index is -0.0727. The van der Waals surface area contributed by atoms with Gasteiger partial charge in [0.15, 0.2) is 0 Å². The summed E-state index contributed by atoms with van der Waals surface area (Å²) in [6.45, 7) is 5.62. The smallest absolute Gasteiger partial charge is 0.259 e. The first-order chi connectivity index (χ1) is 11.1. The van der Waals surface area contributed by atoms with Gasteiger partial charge in [0.25, 0.3) is 5.91 Å². The zero-order valence-corrected chi connectivity index (χ0v) is 14.1. The summed E-state index contributed by atoms with van der Waals surface area (Å²) in [5, 5.41) is 4.80. The summed E-state index contributed by atoms with van der Waals surface area (Å²) in [6, 6.07) is 9.58. The fourth-order valence-corrected chi connectivity index (χ4v) is 3.14. The Bertz CT molecular complexity index is 699. The number of ether oxygens (including phenoxy) is 1. The van der Waals surface area contributed by atoms with E-state index >= 15 is 0 Å². The normalized spacial score (nSPS) is 18.2. The molecule has 1 amide bonds. The molecule has 1 unspecified atom stereocenters. The van der Waals surface area contributed by atoms with E-state index in [1.165, 1.54) is 0 Å². The van der Waals surface area contributed by atoms with Crippen LogP contribution in [0.2, 0.25) is 5.15 Å². The largest absolute Gasteiger partial charge is 0.375 e. The van der Waals surface area contributed by atoms with Gasteiger partial charge < -0.3 is 9.64 Å². The molecule has 1 aliphatic rings. The number of hydrogen-bond donors (Lipinski definition) is 0. The number of aromatic nitrogens is 2. The van der Waals surface area contributed by atoms with Crippen LogP contribution in [-0.2, 0) is 4.74 Å². The molecule has 1 atom stereocenters. The van der Waals surface area contributed by atoms with Gasteiger partial charge in [-0.2, -0.15) is 5.10 Å². The molecule has 1 saturated heterocycles. The van der Waals surface area contributed by atoms with Crippen molar-refractivity contribution in [1.82, 2.24) is 14.7 Å². The minimum Gasteiger partial charge on any atom is -0.375 e. The highest BCUT2D eigenvalue weighted by atomic mass is 35.5. The van der Waals surface area contributed by atoms with Crippen LogP contribution in [0, 0.1) is 6.92 Å². The van der Waals surface area contributed by atoms with E-state index in [9.17, 15) is 4.79 Å². The van der Waals surface area contributed by atoms with E-state index in [1.54, 1.807) is 4.68 Å². The van der Waals surface area contributed by atoms with Crippen molar-refractivity contribution in [3.05, 3.63) is 46.7 Å². The van der Waals surface area contributed by atoms with Crippen LogP contribution in [0.15, 0.2) is 30.3 Å². The van der Waals surface area contributed by atoms with Crippen LogP contribution in [0.5, 0.6) is 0 Å².